The van der Waals surface area contributed by atoms with E-state index < -0.39 is 0 Å². The van der Waals surface area contributed by atoms with Crippen LogP contribution in [0.15, 0.2) is 0 Å². The summed E-state index contributed by atoms with van der Waals surface area (Å²) < 4.78 is 0. The Kier molecular flexibility index (Phi) is 3.13. The molecular weight excluding hydrogens is 172 g/mol. The lowest BCUT2D eigenvalue weighted by molar-refractivity contribution is 0.0603. The molecule has 2 aliphatic rings. The topological polar surface area (TPSA) is 6.48 Å². The molecule has 2 heteroatoms. The Balaban J connectivity index is 1.92. The Morgan fingerprint density at radius 2 is 2.07 bits per heavy atom. The smallest absolute Gasteiger partial charge is 0.0224 e. The molecule has 14 heavy (non-hydrogen) atoms. The van der Waals surface area contributed by atoms with Gasteiger partial charge in [0.2, 0.25) is 0 Å². The molecule has 2 atom stereocenters. The quantitative estimate of drug-likeness (QED) is 0.664. The zero-order valence-electron chi connectivity index (χ0n) is 9.87. The van der Waals surface area contributed by atoms with Gasteiger partial charge in [-0.05, 0) is 38.8 Å². The summed E-state index contributed by atoms with van der Waals surface area (Å²) in [5, 5.41) is 0. The van der Waals surface area contributed by atoms with E-state index in [4.69, 9.17) is 0 Å². The fourth-order valence-corrected chi connectivity index (χ4v) is 3.03. The van der Waals surface area contributed by atoms with Crippen LogP contribution in [-0.4, -0.2) is 48.6 Å². The summed E-state index contributed by atoms with van der Waals surface area (Å²) in [6.07, 6.45) is 4.21. The zero-order chi connectivity index (χ0) is 10.1. The number of piperazine rings is 1. The highest BCUT2D eigenvalue weighted by Crippen LogP contribution is 2.26. The van der Waals surface area contributed by atoms with Gasteiger partial charge in [0.1, 0.15) is 0 Å². The molecular formula is C12H24N2. The standard InChI is InChI=1S/C12H24N2/c1-10(2)7-12-9-14-6-4-5-11(14)8-13(12)3/h10-12H,4-9H2,1-3H3/t11-,12-/m0/s1. The first-order valence-electron chi connectivity index (χ1n) is 6.11. The SMILES string of the molecule is CC(C)C[C@H]1CN2CCC[C@H]2CN1C. The maximum absolute atomic E-state index is 2.72. The fourth-order valence-electron chi connectivity index (χ4n) is 3.03. The molecule has 0 aliphatic carbocycles. The highest BCUT2D eigenvalue weighted by molar-refractivity contribution is 4.91. The summed E-state index contributed by atoms with van der Waals surface area (Å²) >= 11 is 0. The lowest BCUT2D eigenvalue weighted by Gasteiger charge is -2.42. The van der Waals surface area contributed by atoms with Gasteiger partial charge in [0, 0.05) is 25.2 Å². The van der Waals surface area contributed by atoms with Crippen molar-refractivity contribution in [1.29, 1.82) is 0 Å². The first kappa shape index (κ1) is 10.4. The first-order valence-corrected chi connectivity index (χ1v) is 6.11. The van der Waals surface area contributed by atoms with Crippen LogP contribution in [0.4, 0.5) is 0 Å². The fraction of sp³-hybridized carbons (Fsp3) is 1.00. The summed E-state index contributed by atoms with van der Waals surface area (Å²) in [6, 6.07) is 1.69. The van der Waals surface area contributed by atoms with Crippen molar-refractivity contribution in [1.82, 2.24) is 9.80 Å². The Hall–Kier alpha value is -0.0800. The van der Waals surface area contributed by atoms with Crippen molar-refractivity contribution in [2.24, 2.45) is 5.92 Å². The van der Waals surface area contributed by atoms with Crippen LogP contribution in [0.1, 0.15) is 33.1 Å². The lowest BCUT2D eigenvalue weighted by Crippen LogP contribution is -2.54. The van der Waals surface area contributed by atoms with Gasteiger partial charge in [0.05, 0.1) is 0 Å². The van der Waals surface area contributed by atoms with Crippen LogP contribution in [0, 0.1) is 5.92 Å². The van der Waals surface area contributed by atoms with Crippen LogP contribution < -0.4 is 0 Å². The lowest BCUT2D eigenvalue weighted by atomic mass is 9.99. The van der Waals surface area contributed by atoms with Crippen molar-refractivity contribution >= 4 is 0 Å². The molecule has 0 unspecified atom stereocenters. The second-order valence-electron chi connectivity index (χ2n) is 5.51. The van der Waals surface area contributed by atoms with Gasteiger partial charge >= 0.3 is 0 Å². The van der Waals surface area contributed by atoms with Gasteiger partial charge in [-0.15, -0.1) is 0 Å². The molecule has 0 bridgehead atoms. The minimum absolute atomic E-state index is 0.810. The molecule has 0 radical (unpaired) electrons. The van der Waals surface area contributed by atoms with Crippen molar-refractivity contribution < 1.29 is 0 Å². The molecule has 0 aromatic rings. The second kappa shape index (κ2) is 4.19. The predicted octanol–water partition coefficient (Wildman–Crippen LogP) is 1.81. The summed E-state index contributed by atoms with van der Waals surface area (Å²) in [5.74, 6) is 0.835. The van der Waals surface area contributed by atoms with E-state index in [2.05, 4.69) is 30.7 Å². The molecule has 2 saturated heterocycles. The highest BCUT2D eigenvalue weighted by atomic mass is 15.3. The van der Waals surface area contributed by atoms with Crippen molar-refractivity contribution in [3.63, 3.8) is 0 Å². The van der Waals surface area contributed by atoms with Crippen LogP contribution in [0.25, 0.3) is 0 Å². The van der Waals surface area contributed by atoms with Crippen LogP contribution >= 0.6 is 0 Å². The van der Waals surface area contributed by atoms with Gasteiger partial charge in [0.15, 0.2) is 0 Å². The molecule has 2 nitrogen and oxygen atoms in total. The first-order chi connectivity index (χ1) is 6.66. The summed E-state index contributed by atoms with van der Waals surface area (Å²) in [4.78, 5) is 5.31. The molecule has 0 N–H and O–H groups in total. The van der Waals surface area contributed by atoms with Crippen molar-refractivity contribution in [2.45, 2.75) is 45.2 Å². The van der Waals surface area contributed by atoms with E-state index in [0.29, 0.717) is 0 Å². The van der Waals surface area contributed by atoms with E-state index in [1.54, 1.807) is 0 Å². The predicted molar refractivity (Wildman–Crippen MR) is 60.5 cm³/mol. The molecule has 0 aromatic carbocycles. The number of likely N-dealkylation sites (N-methyl/N-ethyl adjacent to an activating group) is 1. The molecule has 2 aliphatic heterocycles. The Morgan fingerprint density at radius 1 is 1.29 bits per heavy atom. The maximum atomic E-state index is 2.72. The molecule has 82 valence electrons. The molecule has 0 aromatic heterocycles. The van der Waals surface area contributed by atoms with E-state index in [0.717, 1.165) is 18.0 Å². The van der Waals surface area contributed by atoms with Gasteiger partial charge < -0.3 is 4.90 Å². The summed E-state index contributed by atoms with van der Waals surface area (Å²) in [5.41, 5.74) is 0. The summed E-state index contributed by atoms with van der Waals surface area (Å²) in [7, 11) is 2.31. The molecule has 0 saturated carbocycles. The third-order valence-corrected chi connectivity index (χ3v) is 3.81. The summed E-state index contributed by atoms with van der Waals surface area (Å²) in [6.45, 7) is 8.65. The third kappa shape index (κ3) is 2.12. The van der Waals surface area contributed by atoms with E-state index in [1.165, 1.54) is 38.9 Å². The Bertz CT molecular complexity index is 191. The Labute approximate surface area is 88.3 Å². The van der Waals surface area contributed by atoms with Gasteiger partial charge in [-0.3, -0.25) is 4.90 Å². The zero-order valence-corrected chi connectivity index (χ0v) is 9.87. The van der Waals surface area contributed by atoms with Gasteiger partial charge in [-0.2, -0.15) is 0 Å². The van der Waals surface area contributed by atoms with Crippen LogP contribution in [-0.2, 0) is 0 Å². The second-order valence-corrected chi connectivity index (χ2v) is 5.51. The van der Waals surface area contributed by atoms with Gasteiger partial charge in [0.25, 0.3) is 0 Å². The van der Waals surface area contributed by atoms with Gasteiger partial charge in [-0.25, -0.2) is 0 Å². The number of nitrogens with zero attached hydrogens (tertiary/aromatic N) is 2. The van der Waals surface area contributed by atoms with E-state index >= 15 is 0 Å². The van der Waals surface area contributed by atoms with Crippen LogP contribution in [0.2, 0.25) is 0 Å². The largest absolute Gasteiger partial charge is 0.301 e. The molecule has 2 heterocycles. The van der Waals surface area contributed by atoms with Crippen molar-refractivity contribution in [2.75, 3.05) is 26.7 Å². The van der Waals surface area contributed by atoms with Crippen molar-refractivity contribution in [3.05, 3.63) is 0 Å². The highest BCUT2D eigenvalue weighted by Gasteiger charge is 2.34. The Morgan fingerprint density at radius 3 is 2.79 bits per heavy atom. The van der Waals surface area contributed by atoms with Gasteiger partial charge in [-0.1, -0.05) is 13.8 Å². The minimum Gasteiger partial charge on any atom is -0.301 e. The molecule has 0 spiro atoms. The average molecular weight is 196 g/mol. The normalized spacial score (nSPS) is 35.1. The molecule has 2 fully saturated rings. The molecule has 2 rings (SSSR count). The number of hydrogen-bond donors (Lipinski definition) is 0. The third-order valence-electron chi connectivity index (χ3n) is 3.81. The van der Waals surface area contributed by atoms with Crippen molar-refractivity contribution in [3.8, 4) is 0 Å². The monoisotopic (exact) mass is 196 g/mol. The molecule has 0 amide bonds. The minimum atomic E-state index is 0.810. The maximum Gasteiger partial charge on any atom is 0.0224 e. The van der Waals surface area contributed by atoms with E-state index in [9.17, 15) is 0 Å². The van der Waals surface area contributed by atoms with E-state index in [1.807, 2.05) is 0 Å². The van der Waals surface area contributed by atoms with E-state index in [-0.39, 0.29) is 0 Å². The van der Waals surface area contributed by atoms with Crippen LogP contribution in [0.3, 0.4) is 0 Å². The number of hydrogen-bond acceptors (Lipinski definition) is 2. The van der Waals surface area contributed by atoms with Crippen LogP contribution in [0.5, 0.6) is 0 Å². The number of fused-ring (bicyclic) bond motifs is 1. The number of rotatable bonds is 2. The average Bonchev–Trinajstić information content (AvgIpc) is 2.51.